The van der Waals surface area contributed by atoms with Crippen LogP contribution in [0.4, 0.5) is 9.59 Å². The highest BCUT2D eigenvalue weighted by atomic mass is 16.6. The largest absolute Gasteiger partial charge is 0.465 e. The summed E-state index contributed by atoms with van der Waals surface area (Å²) >= 11 is 0. The maximum atomic E-state index is 11.8. The number of amides is 2. The van der Waals surface area contributed by atoms with Crippen LogP contribution in [0.15, 0.2) is 0 Å². The summed E-state index contributed by atoms with van der Waals surface area (Å²) in [5, 5.41) is 12.3. The highest BCUT2D eigenvalue weighted by Gasteiger charge is 2.59. The summed E-state index contributed by atoms with van der Waals surface area (Å²) < 4.78 is 5.72. The maximum absolute atomic E-state index is 11.8. The molecular weight excluding hydrogens is 334 g/mol. The van der Waals surface area contributed by atoms with E-state index >= 15 is 0 Å². The number of hydrogen-bond donors (Lipinski definition) is 2. The van der Waals surface area contributed by atoms with E-state index in [4.69, 9.17) is 4.74 Å². The summed E-state index contributed by atoms with van der Waals surface area (Å²) in [6.45, 7) is 8.79. The molecule has 146 valence electrons. The molecule has 2 N–H and O–H groups in total. The van der Waals surface area contributed by atoms with Gasteiger partial charge in [-0.3, -0.25) is 0 Å². The lowest BCUT2D eigenvalue weighted by atomic mass is 9.69. The second-order valence-electron chi connectivity index (χ2n) is 9.26. The molecule has 0 aromatic rings. The van der Waals surface area contributed by atoms with E-state index in [1.807, 2.05) is 0 Å². The average molecular weight is 365 g/mol. The number of hydrogen-bond acceptors (Lipinski definition) is 4. The summed E-state index contributed by atoms with van der Waals surface area (Å²) in [7, 11) is 0. The second-order valence-corrected chi connectivity index (χ2v) is 9.26. The van der Waals surface area contributed by atoms with Gasteiger partial charge in [0.15, 0.2) is 0 Å². The molecule has 4 aliphatic rings. The lowest BCUT2D eigenvalue weighted by molar-refractivity contribution is -0.0672. The van der Waals surface area contributed by atoms with Gasteiger partial charge in [-0.25, -0.2) is 9.59 Å². The van der Waals surface area contributed by atoms with Gasteiger partial charge >= 0.3 is 12.2 Å². The number of carbonyl (C=O) groups is 2. The Kier molecular flexibility index (Phi) is 3.95. The zero-order valence-electron chi connectivity index (χ0n) is 16.1. The molecule has 2 amide bonds. The van der Waals surface area contributed by atoms with Crippen LogP contribution in [-0.4, -0.2) is 70.0 Å². The Balaban J connectivity index is 1.38. The van der Waals surface area contributed by atoms with Crippen molar-refractivity contribution in [2.24, 2.45) is 5.41 Å². The average Bonchev–Trinajstić information content (AvgIpc) is 3.08. The molecule has 4 fully saturated rings. The number of piperidine rings is 1. The van der Waals surface area contributed by atoms with E-state index in [-0.39, 0.29) is 28.7 Å². The Bertz CT molecular complexity index is 614. The van der Waals surface area contributed by atoms with Crippen molar-refractivity contribution in [3.05, 3.63) is 0 Å². The Morgan fingerprint density at radius 1 is 1.31 bits per heavy atom. The number of nitrogens with one attached hydrogen (secondary N) is 1. The Hall–Kier alpha value is -1.50. The molecule has 0 aromatic heterocycles. The van der Waals surface area contributed by atoms with Gasteiger partial charge in [0.1, 0.15) is 5.60 Å². The first-order valence-electron chi connectivity index (χ1n) is 9.97. The first-order valence-corrected chi connectivity index (χ1v) is 9.97. The Morgan fingerprint density at radius 3 is 2.54 bits per heavy atom. The fourth-order valence-corrected chi connectivity index (χ4v) is 6.19. The molecule has 26 heavy (non-hydrogen) atoms. The van der Waals surface area contributed by atoms with Gasteiger partial charge < -0.3 is 25.0 Å². The standard InChI is InChI=1S/C19H31N3O4/c1-4-14-18(12-22(14)16(24)25)6-5-13(11-18)21-9-7-19(8-10-21)17(2,3)20-15(23)26-19/h13-14H,4-12H2,1-3H3,(H,20,23)(H,24,25). The normalized spacial score (nSPS) is 38.3. The second kappa shape index (κ2) is 5.75. The quantitative estimate of drug-likeness (QED) is 0.786. The molecule has 3 atom stereocenters. The molecule has 3 saturated heterocycles. The van der Waals surface area contributed by atoms with Crippen LogP contribution in [0.2, 0.25) is 0 Å². The SMILES string of the molecule is CCC1N(C(=O)O)CC12CCC(N1CCC3(CC1)OC(=O)NC3(C)C)C2. The summed E-state index contributed by atoms with van der Waals surface area (Å²) in [5.74, 6) is 0. The van der Waals surface area contributed by atoms with Gasteiger partial charge in [-0.15, -0.1) is 0 Å². The third kappa shape index (κ3) is 2.42. The fraction of sp³-hybridized carbons (Fsp3) is 0.895. The predicted octanol–water partition coefficient (Wildman–Crippen LogP) is 2.65. The van der Waals surface area contributed by atoms with Gasteiger partial charge in [-0.1, -0.05) is 6.92 Å². The van der Waals surface area contributed by atoms with Gasteiger partial charge in [0.05, 0.1) is 5.54 Å². The molecule has 2 spiro atoms. The molecule has 3 aliphatic heterocycles. The smallest absolute Gasteiger partial charge is 0.408 e. The zero-order valence-corrected chi connectivity index (χ0v) is 16.1. The molecular formula is C19H31N3O4. The molecule has 3 heterocycles. The van der Waals surface area contributed by atoms with Crippen LogP contribution in [0.1, 0.15) is 59.3 Å². The highest BCUT2D eigenvalue weighted by Crippen LogP contribution is 2.53. The van der Waals surface area contributed by atoms with Crippen molar-refractivity contribution in [1.82, 2.24) is 15.1 Å². The molecule has 7 nitrogen and oxygen atoms in total. The van der Waals surface area contributed by atoms with E-state index in [1.165, 1.54) is 0 Å². The molecule has 0 aromatic carbocycles. The monoisotopic (exact) mass is 365 g/mol. The summed E-state index contributed by atoms with van der Waals surface area (Å²) in [6.07, 6.45) is 4.94. The van der Waals surface area contributed by atoms with Crippen LogP contribution in [0.5, 0.6) is 0 Å². The van der Waals surface area contributed by atoms with Crippen molar-refractivity contribution < 1.29 is 19.4 Å². The maximum Gasteiger partial charge on any atom is 0.408 e. The third-order valence-electron chi connectivity index (χ3n) is 7.78. The third-order valence-corrected chi connectivity index (χ3v) is 7.78. The van der Waals surface area contributed by atoms with Crippen LogP contribution in [-0.2, 0) is 4.74 Å². The summed E-state index contributed by atoms with van der Waals surface area (Å²) in [6, 6.07) is 0.713. The number of rotatable bonds is 2. The molecule has 4 rings (SSSR count). The van der Waals surface area contributed by atoms with Crippen molar-refractivity contribution in [1.29, 1.82) is 0 Å². The van der Waals surface area contributed by atoms with E-state index in [1.54, 1.807) is 4.90 Å². The minimum Gasteiger partial charge on any atom is -0.465 e. The number of alkyl carbamates (subject to hydrolysis) is 1. The molecule has 0 bridgehead atoms. The van der Waals surface area contributed by atoms with Gasteiger partial charge in [0.2, 0.25) is 0 Å². The van der Waals surface area contributed by atoms with E-state index in [2.05, 4.69) is 31.0 Å². The molecule has 7 heteroatoms. The highest BCUT2D eigenvalue weighted by molar-refractivity contribution is 5.72. The van der Waals surface area contributed by atoms with Gasteiger partial charge in [-0.2, -0.15) is 0 Å². The van der Waals surface area contributed by atoms with Crippen LogP contribution in [0.25, 0.3) is 0 Å². The van der Waals surface area contributed by atoms with Gasteiger partial charge in [0, 0.05) is 50.0 Å². The minimum absolute atomic E-state index is 0.181. The van der Waals surface area contributed by atoms with Crippen molar-refractivity contribution in [3.63, 3.8) is 0 Å². The minimum atomic E-state index is -0.774. The van der Waals surface area contributed by atoms with Gasteiger partial charge in [-0.05, 0) is 39.5 Å². The molecule has 3 unspecified atom stereocenters. The van der Waals surface area contributed by atoms with E-state index in [9.17, 15) is 14.7 Å². The zero-order chi connectivity index (χ0) is 18.7. The van der Waals surface area contributed by atoms with Crippen molar-refractivity contribution in [2.45, 2.75) is 82.5 Å². The fourth-order valence-electron chi connectivity index (χ4n) is 6.19. The Morgan fingerprint density at radius 2 is 2.00 bits per heavy atom. The topological polar surface area (TPSA) is 82.1 Å². The van der Waals surface area contributed by atoms with E-state index in [0.29, 0.717) is 12.6 Å². The van der Waals surface area contributed by atoms with Crippen molar-refractivity contribution in [2.75, 3.05) is 19.6 Å². The number of carboxylic acid groups (broad SMARTS) is 1. The molecule has 0 radical (unpaired) electrons. The number of carbonyl (C=O) groups excluding carboxylic acids is 1. The summed E-state index contributed by atoms with van der Waals surface area (Å²) in [5.41, 5.74) is -0.524. The van der Waals surface area contributed by atoms with E-state index < -0.39 is 6.09 Å². The first-order chi connectivity index (χ1) is 12.2. The van der Waals surface area contributed by atoms with Crippen molar-refractivity contribution >= 4 is 12.2 Å². The predicted molar refractivity (Wildman–Crippen MR) is 96.1 cm³/mol. The Labute approximate surface area is 155 Å². The lowest BCUT2D eigenvalue weighted by Crippen LogP contribution is -2.65. The first kappa shape index (κ1) is 17.9. The van der Waals surface area contributed by atoms with Crippen LogP contribution in [0.3, 0.4) is 0 Å². The summed E-state index contributed by atoms with van der Waals surface area (Å²) in [4.78, 5) is 27.3. The lowest BCUT2D eigenvalue weighted by Gasteiger charge is -2.55. The van der Waals surface area contributed by atoms with E-state index in [0.717, 1.165) is 51.6 Å². The van der Waals surface area contributed by atoms with Crippen LogP contribution >= 0.6 is 0 Å². The number of likely N-dealkylation sites (tertiary alicyclic amines) is 2. The van der Waals surface area contributed by atoms with Crippen molar-refractivity contribution in [3.8, 4) is 0 Å². The number of nitrogens with zero attached hydrogens (tertiary/aromatic N) is 2. The molecule has 1 saturated carbocycles. The molecule has 1 aliphatic carbocycles. The van der Waals surface area contributed by atoms with Crippen LogP contribution in [0, 0.1) is 5.41 Å². The van der Waals surface area contributed by atoms with Gasteiger partial charge in [0.25, 0.3) is 0 Å². The number of ether oxygens (including phenoxy) is 1. The van der Waals surface area contributed by atoms with Crippen LogP contribution < -0.4 is 5.32 Å².